The fourth-order valence-corrected chi connectivity index (χ4v) is 4.46. The number of Topliss-reactive ketones (excluding diaryl/α,β-unsaturated/α-hetero) is 1. The van der Waals surface area contributed by atoms with Gasteiger partial charge in [-0.3, -0.25) is 4.79 Å². The van der Waals surface area contributed by atoms with Gasteiger partial charge < -0.3 is 4.57 Å². The number of hydrogen-bond donors (Lipinski definition) is 0. The molecule has 0 unspecified atom stereocenters. The van der Waals surface area contributed by atoms with E-state index in [2.05, 4.69) is 4.98 Å². The van der Waals surface area contributed by atoms with Crippen molar-refractivity contribution in [3.63, 3.8) is 0 Å². The number of aromatic nitrogens is 2. The first kappa shape index (κ1) is 21.1. The molecule has 0 aliphatic carbocycles. The summed E-state index contributed by atoms with van der Waals surface area (Å²) in [5, 5.41) is 0.00961. The lowest BCUT2D eigenvalue weighted by Gasteiger charge is -2.09. The minimum Gasteiger partial charge on any atom is -0.332 e. The molecule has 29 heavy (non-hydrogen) atoms. The number of rotatable bonds is 6. The number of nitrogens with zero attached hydrogens (tertiary/aromatic N) is 2. The quantitative estimate of drug-likeness (QED) is 0.535. The highest BCUT2D eigenvalue weighted by atomic mass is 35.5. The Bertz CT molecular complexity index is 1160. The zero-order valence-corrected chi connectivity index (χ0v) is 16.3. The number of imidazole rings is 1. The topological polar surface area (TPSA) is 69.0 Å². The predicted octanol–water partition coefficient (Wildman–Crippen LogP) is 4.26. The summed E-state index contributed by atoms with van der Waals surface area (Å²) in [5.74, 6) is -1.56. The van der Waals surface area contributed by atoms with E-state index in [-0.39, 0.29) is 22.2 Å². The van der Waals surface area contributed by atoms with Gasteiger partial charge in [0.1, 0.15) is 11.4 Å². The monoisotopic (exact) mass is 442 g/mol. The van der Waals surface area contributed by atoms with Crippen molar-refractivity contribution in [2.75, 3.05) is 5.75 Å². The number of hydrogen-bond acceptors (Lipinski definition) is 4. The highest BCUT2D eigenvalue weighted by molar-refractivity contribution is 7.92. The van der Waals surface area contributed by atoms with Crippen LogP contribution in [0.3, 0.4) is 0 Å². The lowest BCUT2D eigenvalue weighted by atomic mass is 10.1. The van der Waals surface area contributed by atoms with Crippen LogP contribution in [-0.2, 0) is 22.6 Å². The minimum atomic E-state index is -4.46. The van der Waals surface area contributed by atoms with Crippen LogP contribution in [0.25, 0.3) is 0 Å². The van der Waals surface area contributed by atoms with Crippen molar-refractivity contribution < 1.29 is 26.4 Å². The molecule has 0 atom stereocenters. The second kappa shape index (κ2) is 8.00. The van der Waals surface area contributed by atoms with Crippen molar-refractivity contribution in [2.45, 2.75) is 17.6 Å². The van der Waals surface area contributed by atoms with Gasteiger partial charge in [0, 0.05) is 12.7 Å². The van der Waals surface area contributed by atoms with E-state index >= 15 is 0 Å². The molecule has 152 valence electrons. The Morgan fingerprint density at radius 3 is 2.52 bits per heavy atom. The van der Waals surface area contributed by atoms with Crippen LogP contribution in [0.2, 0.25) is 5.02 Å². The molecule has 3 rings (SSSR count). The molecule has 0 saturated heterocycles. The largest absolute Gasteiger partial charge is 0.416 e. The number of halogens is 4. The van der Waals surface area contributed by atoms with Crippen molar-refractivity contribution >= 4 is 27.2 Å². The Hall–Kier alpha value is -2.65. The van der Waals surface area contributed by atoms with Crippen molar-refractivity contribution in [3.05, 3.63) is 82.9 Å². The molecule has 0 aliphatic heterocycles. The molecule has 0 amide bonds. The number of carbonyl (C=O) groups is 1. The smallest absolute Gasteiger partial charge is 0.332 e. The van der Waals surface area contributed by atoms with Crippen molar-refractivity contribution in [1.29, 1.82) is 0 Å². The summed E-state index contributed by atoms with van der Waals surface area (Å²) in [4.78, 5) is 16.1. The Labute approximate surface area is 169 Å². The van der Waals surface area contributed by atoms with Gasteiger partial charge in [-0.25, -0.2) is 13.4 Å². The molecular formula is C19H14ClF3N2O3S. The van der Waals surface area contributed by atoms with Crippen LogP contribution in [0, 0.1) is 0 Å². The third kappa shape index (κ3) is 5.04. The van der Waals surface area contributed by atoms with E-state index in [9.17, 15) is 26.4 Å². The van der Waals surface area contributed by atoms with E-state index < -0.39 is 33.1 Å². The predicted molar refractivity (Wildman–Crippen MR) is 101 cm³/mol. The third-order valence-electron chi connectivity index (χ3n) is 4.03. The summed E-state index contributed by atoms with van der Waals surface area (Å²) >= 11 is 5.89. The number of benzene rings is 2. The second-order valence-electron chi connectivity index (χ2n) is 6.24. The second-order valence-corrected chi connectivity index (χ2v) is 8.61. The Morgan fingerprint density at radius 2 is 1.83 bits per heavy atom. The van der Waals surface area contributed by atoms with Crippen LogP contribution in [-0.4, -0.2) is 29.5 Å². The molecular weight excluding hydrogens is 429 g/mol. The van der Waals surface area contributed by atoms with E-state index in [1.165, 1.54) is 47.4 Å². The average Bonchev–Trinajstić information content (AvgIpc) is 3.10. The summed E-state index contributed by atoms with van der Waals surface area (Å²) in [6, 6.07) is 10.5. The molecule has 1 aromatic heterocycles. The zero-order chi connectivity index (χ0) is 21.2. The lowest BCUT2D eigenvalue weighted by molar-refractivity contribution is -0.137. The van der Waals surface area contributed by atoms with Crippen molar-refractivity contribution in [3.8, 4) is 0 Å². The first-order valence-corrected chi connectivity index (χ1v) is 10.3. The fourth-order valence-electron chi connectivity index (χ4n) is 2.67. The third-order valence-corrected chi connectivity index (χ3v) is 6.14. The maximum atomic E-state index is 12.8. The Kier molecular flexibility index (Phi) is 5.81. The van der Waals surface area contributed by atoms with Crippen molar-refractivity contribution in [2.24, 2.45) is 0 Å². The van der Waals surface area contributed by atoms with Gasteiger partial charge in [-0.15, -0.1) is 0 Å². The van der Waals surface area contributed by atoms with Crippen LogP contribution in [0.5, 0.6) is 0 Å². The van der Waals surface area contributed by atoms with Crippen LogP contribution in [0.4, 0.5) is 13.2 Å². The molecule has 0 radical (unpaired) electrons. The van der Waals surface area contributed by atoms with Gasteiger partial charge in [0.2, 0.25) is 0 Å². The first-order valence-electron chi connectivity index (χ1n) is 8.25. The minimum absolute atomic E-state index is 0.00961. The van der Waals surface area contributed by atoms with Gasteiger partial charge in [-0.1, -0.05) is 35.9 Å². The van der Waals surface area contributed by atoms with E-state index in [4.69, 9.17) is 11.6 Å². The van der Waals surface area contributed by atoms with E-state index in [0.29, 0.717) is 5.56 Å². The summed E-state index contributed by atoms with van der Waals surface area (Å²) in [7, 11) is -3.97. The number of sulfone groups is 1. The zero-order valence-electron chi connectivity index (χ0n) is 14.7. The summed E-state index contributed by atoms with van der Waals surface area (Å²) in [5.41, 5.74) is -0.523. The van der Waals surface area contributed by atoms with Gasteiger partial charge in [0.25, 0.3) is 0 Å². The van der Waals surface area contributed by atoms with Gasteiger partial charge >= 0.3 is 6.18 Å². The van der Waals surface area contributed by atoms with Crippen LogP contribution < -0.4 is 0 Å². The summed E-state index contributed by atoms with van der Waals surface area (Å²) < 4.78 is 64.7. The normalized spacial score (nSPS) is 12.1. The standard InChI is InChI=1S/C19H14ClF3N2O3S/c20-15-6-1-2-7-18(15)29(27,28)11-17(26)16-10-25(12-24-16)9-13-4-3-5-14(8-13)19(21,22)23/h1-8,10,12H,9,11H2. The molecule has 0 spiro atoms. The van der Waals surface area contributed by atoms with Crippen LogP contribution in [0.1, 0.15) is 21.6 Å². The molecule has 0 aliphatic rings. The molecule has 0 saturated carbocycles. The molecule has 0 bridgehead atoms. The van der Waals surface area contributed by atoms with E-state index in [1.807, 2.05) is 0 Å². The molecule has 10 heteroatoms. The van der Waals surface area contributed by atoms with Crippen molar-refractivity contribution in [1.82, 2.24) is 9.55 Å². The maximum Gasteiger partial charge on any atom is 0.416 e. The molecule has 3 aromatic rings. The number of ketones is 1. The maximum absolute atomic E-state index is 12.8. The van der Waals surface area contributed by atoms with Gasteiger partial charge in [0.15, 0.2) is 15.6 Å². The molecule has 5 nitrogen and oxygen atoms in total. The lowest BCUT2D eigenvalue weighted by Crippen LogP contribution is -2.17. The highest BCUT2D eigenvalue weighted by Gasteiger charge is 2.30. The van der Waals surface area contributed by atoms with Gasteiger partial charge in [-0.05, 0) is 29.8 Å². The number of carbonyl (C=O) groups excluding carboxylic acids is 1. The summed E-state index contributed by atoms with van der Waals surface area (Å²) in [6.45, 7) is 0.0431. The Balaban J connectivity index is 1.75. The Morgan fingerprint density at radius 1 is 1.10 bits per heavy atom. The van der Waals surface area contributed by atoms with Gasteiger partial charge in [0.05, 0.1) is 21.8 Å². The SMILES string of the molecule is O=C(CS(=O)(=O)c1ccccc1Cl)c1cn(Cc2cccc(C(F)(F)F)c2)cn1. The average molecular weight is 443 g/mol. The number of alkyl halides is 3. The first-order chi connectivity index (χ1) is 13.6. The van der Waals surface area contributed by atoms with Gasteiger partial charge in [-0.2, -0.15) is 13.2 Å². The molecule has 1 heterocycles. The fraction of sp³-hybridized carbons (Fsp3) is 0.158. The molecule has 0 fully saturated rings. The highest BCUT2D eigenvalue weighted by Crippen LogP contribution is 2.29. The molecule has 0 N–H and O–H groups in total. The molecule has 2 aromatic carbocycles. The van der Waals surface area contributed by atoms with Crippen LogP contribution >= 0.6 is 11.6 Å². The van der Waals surface area contributed by atoms with Crippen LogP contribution in [0.15, 0.2) is 66.0 Å². The summed E-state index contributed by atoms with van der Waals surface area (Å²) in [6.07, 6.45) is -1.90. The van der Waals surface area contributed by atoms with E-state index in [1.54, 1.807) is 6.07 Å². The van der Waals surface area contributed by atoms with E-state index in [0.717, 1.165) is 12.1 Å².